The van der Waals surface area contributed by atoms with Crippen molar-refractivity contribution in [3.05, 3.63) is 43.6 Å². The molecule has 2 rings (SSSR count). The lowest BCUT2D eigenvalue weighted by Gasteiger charge is -2.03. The zero-order chi connectivity index (χ0) is 10.3. The van der Waals surface area contributed by atoms with E-state index in [1.165, 1.54) is 0 Å². The second kappa shape index (κ2) is 3.41. The van der Waals surface area contributed by atoms with Crippen molar-refractivity contribution >= 4 is 38.4 Å². The zero-order valence-electron chi connectivity index (χ0n) is 7.40. The second-order valence-corrected chi connectivity index (χ2v) is 4.34. The predicted octanol–water partition coefficient (Wildman–Crippen LogP) is 3.25. The molecule has 0 saturated carbocycles. The fourth-order valence-corrected chi connectivity index (χ4v) is 1.87. The van der Waals surface area contributed by atoms with Crippen LogP contribution in [0, 0.1) is 6.92 Å². The molecule has 14 heavy (non-hydrogen) atoms. The minimum absolute atomic E-state index is 0.0995. The lowest BCUT2D eigenvalue weighted by Crippen LogP contribution is -2.08. The van der Waals surface area contributed by atoms with E-state index in [1.54, 1.807) is 6.92 Å². The van der Waals surface area contributed by atoms with Gasteiger partial charge in [0.25, 0.3) is 5.56 Å². The average molecular weight is 273 g/mol. The van der Waals surface area contributed by atoms with Gasteiger partial charge in [0.2, 0.25) is 0 Å². The van der Waals surface area contributed by atoms with Crippen LogP contribution in [0.1, 0.15) is 5.56 Å². The minimum atomic E-state index is -0.0995. The number of aromatic nitrogens is 1. The molecule has 0 spiro atoms. The van der Waals surface area contributed by atoms with E-state index in [4.69, 9.17) is 11.6 Å². The first-order valence-electron chi connectivity index (χ1n) is 4.07. The number of H-pyrrole nitrogens is 1. The molecule has 0 atom stereocenters. The molecular weight excluding hydrogens is 265 g/mol. The predicted molar refractivity (Wildman–Crippen MR) is 62.0 cm³/mol. The fraction of sp³-hybridized carbons (Fsp3) is 0.100. The molecule has 1 heterocycles. The summed E-state index contributed by atoms with van der Waals surface area (Å²) < 4.78 is 0.783. The second-order valence-electron chi connectivity index (χ2n) is 3.11. The third kappa shape index (κ3) is 1.47. The summed E-state index contributed by atoms with van der Waals surface area (Å²) in [7, 11) is 0. The van der Waals surface area contributed by atoms with Gasteiger partial charge in [-0.1, -0.05) is 17.7 Å². The first-order chi connectivity index (χ1) is 6.59. The van der Waals surface area contributed by atoms with Gasteiger partial charge in [0.1, 0.15) is 0 Å². The third-order valence-corrected chi connectivity index (χ3v) is 3.38. The fourth-order valence-electron chi connectivity index (χ4n) is 1.32. The quantitative estimate of drug-likeness (QED) is 0.784. The number of halogens is 2. The number of hydrogen-bond acceptors (Lipinski definition) is 1. The number of hydrogen-bond donors (Lipinski definition) is 1. The standard InChI is InChI=1S/C10H7BrClNO/c1-5-4-6-2-3-7(11)8(12)9(6)13-10(5)14/h2-4H,1H3,(H,13,14). The first-order valence-corrected chi connectivity index (χ1v) is 5.24. The highest BCUT2D eigenvalue weighted by Crippen LogP contribution is 2.28. The molecule has 0 aliphatic rings. The Morgan fingerprint density at radius 2 is 2.14 bits per heavy atom. The summed E-state index contributed by atoms with van der Waals surface area (Å²) in [4.78, 5) is 14.1. The van der Waals surface area contributed by atoms with Crippen molar-refractivity contribution in [2.45, 2.75) is 6.92 Å². The van der Waals surface area contributed by atoms with Crippen LogP contribution in [0.3, 0.4) is 0 Å². The van der Waals surface area contributed by atoms with Crippen molar-refractivity contribution in [2.24, 2.45) is 0 Å². The Morgan fingerprint density at radius 1 is 1.43 bits per heavy atom. The van der Waals surface area contributed by atoms with Gasteiger partial charge in [-0.05, 0) is 35.0 Å². The van der Waals surface area contributed by atoms with E-state index in [0.717, 1.165) is 9.86 Å². The molecule has 2 nitrogen and oxygen atoms in total. The van der Waals surface area contributed by atoms with Gasteiger partial charge in [-0.2, -0.15) is 0 Å². The summed E-state index contributed by atoms with van der Waals surface area (Å²) in [5, 5.41) is 1.48. The number of aromatic amines is 1. The summed E-state index contributed by atoms with van der Waals surface area (Å²) in [5.74, 6) is 0. The summed E-state index contributed by atoms with van der Waals surface area (Å²) in [6.45, 7) is 1.77. The van der Waals surface area contributed by atoms with Gasteiger partial charge in [-0.3, -0.25) is 4.79 Å². The Morgan fingerprint density at radius 3 is 2.86 bits per heavy atom. The smallest absolute Gasteiger partial charge is 0.251 e. The van der Waals surface area contributed by atoms with Gasteiger partial charge in [0.15, 0.2) is 0 Å². The van der Waals surface area contributed by atoms with Crippen molar-refractivity contribution in [3.8, 4) is 0 Å². The third-order valence-electron chi connectivity index (χ3n) is 2.10. The zero-order valence-corrected chi connectivity index (χ0v) is 9.74. The first kappa shape index (κ1) is 9.74. The van der Waals surface area contributed by atoms with Crippen molar-refractivity contribution in [2.75, 3.05) is 0 Å². The summed E-state index contributed by atoms with van der Waals surface area (Å²) in [5.41, 5.74) is 1.27. The van der Waals surface area contributed by atoms with Crippen LogP contribution < -0.4 is 5.56 Å². The number of aryl methyl sites for hydroxylation is 1. The Balaban J connectivity index is 2.97. The summed E-state index contributed by atoms with van der Waals surface area (Å²) in [6.07, 6.45) is 0. The molecule has 0 bridgehead atoms. The van der Waals surface area contributed by atoms with Crippen molar-refractivity contribution in [1.82, 2.24) is 4.98 Å². The summed E-state index contributed by atoms with van der Waals surface area (Å²) >= 11 is 9.34. The number of rotatable bonds is 0. The highest BCUT2D eigenvalue weighted by molar-refractivity contribution is 9.10. The van der Waals surface area contributed by atoms with Crippen LogP contribution in [0.5, 0.6) is 0 Å². The number of pyridine rings is 1. The van der Waals surface area contributed by atoms with Crippen LogP contribution >= 0.6 is 27.5 Å². The molecule has 1 aromatic heterocycles. The Bertz CT molecular complexity index is 562. The van der Waals surface area contributed by atoms with Crippen LogP contribution in [0.2, 0.25) is 5.02 Å². The van der Waals surface area contributed by atoms with Crippen LogP contribution in [-0.2, 0) is 0 Å². The molecule has 0 unspecified atom stereocenters. The van der Waals surface area contributed by atoms with Crippen molar-refractivity contribution < 1.29 is 0 Å². The van der Waals surface area contributed by atoms with E-state index in [9.17, 15) is 4.79 Å². The van der Waals surface area contributed by atoms with Gasteiger partial charge < -0.3 is 4.98 Å². The monoisotopic (exact) mass is 271 g/mol. The Labute approximate surface area is 94.0 Å². The van der Waals surface area contributed by atoms with Crippen LogP contribution in [-0.4, -0.2) is 4.98 Å². The van der Waals surface area contributed by atoms with Crippen molar-refractivity contribution in [3.63, 3.8) is 0 Å². The molecule has 0 aliphatic heterocycles. The molecule has 0 saturated heterocycles. The Kier molecular flexibility index (Phi) is 2.37. The highest BCUT2D eigenvalue weighted by Gasteiger charge is 2.05. The van der Waals surface area contributed by atoms with Gasteiger partial charge in [0, 0.05) is 15.4 Å². The largest absolute Gasteiger partial charge is 0.320 e. The Hall–Kier alpha value is -0.800. The normalized spacial score (nSPS) is 10.8. The molecular formula is C10H7BrClNO. The summed E-state index contributed by atoms with van der Waals surface area (Å²) in [6, 6.07) is 5.60. The average Bonchev–Trinajstić information content (AvgIpc) is 2.15. The van der Waals surface area contributed by atoms with Gasteiger partial charge in [-0.25, -0.2) is 0 Å². The van der Waals surface area contributed by atoms with Crippen LogP contribution in [0.25, 0.3) is 10.9 Å². The van der Waals surface area contributed by atoms with Gasteiger partial charge in [0.05, 0.1) is 10.5 Å². The van der Waals surface area contributed by atoms with E-state index in [1.807, 2.05) is 18.2 Å². The number of nitrogens with one attached hydrogen (secondary N) is 1. The molecule has 0 amide bonds. The molecule has 4 heteroatoms. The van der Waals surface area contributed by atoms with E-state index >= 15 is 0 Å². The topological polar surface area (TPSA) is 32.9 Å². The van der Waals surface area contributed by atoms with Crippen LogP contribution in [0.15, 0.2) is 27.5 Å². The van der Waals surface area contributed by atoms with Gasteiger partial charge >= 0.3 is 0 Å². The SMILES string of the molecule is Cc1cc2ccc(Br)c(Cl)c2[nH]c1=O. The highest BCUT2D eigenvalue weighted by atomic mass is 79.9. The number of benzene rings is 1. The van der Waals surface area contributed by atoms with Crippen LogP contribution in [0.4, 0.5) is 0 Å². The molecule has 0 aliphatic carbocycles. The lowest BCUT2D eigenvalue weighted by atomic mass is 10.2. The van der Waals surface area contributed by atoms with Gasteiger partial charge in [-0.15, -0.1) is 0 Å². The van der Waals surface area contributed by atoms with E-state index in [0.29, 0.717) is 16.1 Å². The minimum Gasteiger partial charge on any atom is -0.320 e. The maximum absolute atomic E-state index is 11.4. The van der Waals surface area contributed by atoms with E-state index in [-0.39, 0.29) is 5.56 Å². The lowest BCUT2D eigenvalue weighted by molar-refractivity contribution is 1.23. The molecule has 0 fully saturated rings. The maximum atomic E-state index is 11.4. The molecule has 72 valence electrons. The molecule has 2 aromatic rings. The molecule has 0 radical (unpaired) electrons. The van der Waals surface area contributed by atoms with Crippen molar-refractivity contribution in [1.29, 1.82) is 0 Å². The molecule has 1 N–H and O–H groups in total. The maximum Gasteiger partial charge on any atom is 0.251 e. The number of fused-ring (bicyclic) bond motifs is 1. The molecule has 1 aromatic carbocycles. The van der Waals surface area contributed by atoms with E-state index in [2.05, 4.69) is 20.9 Å². The van der Waals surface area contributed by atoms with E-state index < -0.39 is 0 Å².